The molecular weight excluding hydrogens is 356 g/mol. The van der Waals surface area contributed by atoms with Gasteiger partial charge in [0.2, 0.25) is 0 Å². The molecule has 9 atom stereocenters. The van der Waals surface area contributed by atoms with E-state index in [-0.39, 0.29) is 33.5 Å². The molecule has 0 aromatic carbocycles. The van der Waals surface area contributed by atoms with Gasteiger partial charge in [-0.1, -0.05) is 22.9 Å². The summed E-state index contributed by atoms with van der Waals surface area (Å²) >= 11 is 4.12. The van der Waals surface area contributed by atoms with Crippen LogP contribution in [0.15, 0.2) is 0 Å². The second-order valence-corrected chi connectivity index (χ2v) is 10.9. The predicted molar refractivity (Wildman–Crippen MR) is 91.4 cm³/mol. The molecule has 4 aliphatic carbocycles. The third-order valence-electron chi connectivity index (χ3n) is 8.92. The van der Waals surface area contributed by atoms with Crippen molar-refractivity contribution in [2.45, 2.75) is 80.9 Å². The van der Waals surface area contributed by atoms with Gasteiger partial charge in [0, 0.05) is 5.41 Å². The first-order valence-corrected chi connectivity index (χ1v) is 10.4. The summed E-state index contributed by atoms with van der Waals surface area (Å²) in [5, 5.41) is 20.8. The van der Waals surface area contributed by atoms with Crippen LogP contribution in [0.2, 0.25) is 0 Å². The molecule has 4 saturated carbocycles. The molecule has 5 rings (SSSR count). The molecule has 1 unspecified atom stereocenters. The Bertz CT molecular complexity index is 527. The van der Waals surface area contributed by atoms with Crippen molar-refractivity contribution in [2.24, 2.45) is 28.6 Å². The van der Waals surface area contributed by atoms with E-state index in [2.05, 4.69) is 22.9 Å². The quantitative estimate of drug-likeness (QED) is 0.630. The zero-order valence-corrected chi connectivity index (χ0v) is 15.6. The minimum atomic E-state index is -0.176. The van der Waals surface area contributed by atoms with E-state index in [0.717, 1.165) is 45.1 Å². The highest BCUT2D eigenvalue weighted by Crippen LogP contribution is 2.72. The summed E-state index contributed by atoms with van der Waals surface area (Å²) in [4.78, 5) is 0. The summed E-state index contributed by atoms with van der Waals surface area (Å²) in [6.07, 6.45) is 8.55. The van der Waals surface area contributed by atoms with Crippen molar-refractivity contribution in [3.05, 3.63) is 0 Å². The summed E-state index contributed by atoms with van der Waals surface area (Å²) in [6.45, 7) is 3.22. The molecule has 4 heteroatoms. The highest BCUT2D eigenvalue weighted by atomic mass is 79.9. The third-order valence-corrected chi connectivity index (χ3v) is 10.5. The number of alkyl halides is 1. The normalized spacial score (nSPS) is 64.2. The van der Waals surface area contributed by atoms with Crippen molar-refractivity contribution in [3.8, 4) is 0 Å². The third kappa shape index (κ3) is 1.72. The molecule has 0 aromatic rings. The Morgan fingerprint density at radius 2 is 1.87 bits per heavy atom. The summed E-state index contributed by atoms with van der Waals surface area (Å²) in [5.41, 5.74) is 0.354. The Hall–Kier alpha value is 0.360. The molecule has 0 amide bonds. The molecule has 2 N–H and O–H groups in total. The van der Waals surface area contributed by atoms with Crippen LogP contribution in [0.5, 0.6) is 0 Å². The predicted octanol–water partition coefficient (Wildman–Crippen LogP) is 3.26. The van der Waals surface area contributed by atoms with Crippen LogP contribution in [0.25, 0.3) is 0 Å². The number of aliphatic hydroxyl groups is 2. The molecule has 0 aromatic heterocycles. The maximum Gasteiger partial charge on any atom is 0.0738 e. The molecule has 5 fully saturated rings. The number of aliphatic hydroxyl groups excluding tert-OH is 2. The lowest BCUT2D eigenvalue weighted by molar-refractivity contribution is -0.112. The van der Waals surface area contributed by atoms with Gasteiger partial charge in [0.25, 0.3) is 0 Å². The van der Waals surface area contributed by atoms with Crippen molar-refractivity contribution >= 4 is 15.9 Å². The summed E-state index contributed by atoms with van der Waals surface area (Å²) in [6, 6.07) is 0. The fourth-order valence-corrected chi connectivity index (χ4v) is 8.98. The first-order valence-electron chi connectivity index (χ1n) is 9.57. The number of rotatable bonds is 0. The van der Waals surface area contributed by atoms with E-state index in [1.54, 1.807) is 0 Å². The summed E-state index contributed by atoms with van der Waals surface area (Å²) in [5.74, 6) is 2.08. The summed E-state index contributed by atoms with van der Waals surface area (Å²) in [7, 11) is 0. The average Bonchev–Trinajstić information content (AvgIpc) is 2.88. The van der Waals surface area contributed by atoms with Crippen LogP contribution in [0, 0.1) is 28.6 Å². The van der Waals surface area contributed by atoms with Gasteiger partial charge in [-0.3, -0.25) is 0 Å². The van der Waals surface area contributed by atoms with Gasteiger partial charge >= 0.3 is 0 Å². The number of halogens is 1. The van der Waals surface area contributed by atoms with Crippen LogP contribution >= 0.6 is 15.9 Å². The minimum Gasteiger partial charge on any atom is -0.393 e. The number of hydrogen-bond acceptors (Lipinski definition) is 3. The van der Waals surface area contributed by atoms with Gasteiger partial charge in [-0.15, -0.1) is 0 Å². The van der Waals surface area contributed by atoms with Crippen molar-refractivity contribution in [3.63, 3.8) is 0 Å². The zero-order chi connectivity index (χ0) is 16.0. The fraction of sp³-hybridized carbons (Fsp3) is 1.00. The van der Waals surface area contributed by atoms with Crippen LogP contribution in [-0.2, 0) is 4.74 Å². The first-order chi connectivity index (χ1) is 10.9. The second-order valence-electron chi connectivity index (χ2n) is 9.47. The standard InChI is InChI=1S/C19H29BrO3/c1-17-6-5-14-12(13(17)2-3-15(17)22)8-16-19(20)9-11(21)4-7-18(14,19)10-23-16/h11-16,21-22H,2-10H2,1H3/t11-,12+,13-,14-,15-,16+,17-,18+,19?/m0/s1. The second kappa shape index (κ2) is 4.75. The molecule has 0 spiro atoms. The maximum atomic E-state index is 10.6. The van der Waals surface area contributed by atoms with E-state index < -0.39 is 0 Å². The van der Waals surface area contributed by atoms with Gasteiger partial charge in [0.05, 0.1) is 29.2 Å². The van der Waals surface area contributed by atoms with E-state index in [4.69, 9.17) is 4.74 Å². The highest BCUT2D eigenvalue weighted by molar-refractivity contribution is 9.10. The van der Waals surface area contributed by atoms with E-state index >= 15 is 0 Å². The Kier molecular flexibility index (Phi) is 3.22. The lowest BCUT2D eigenvalue weighted by atomic mass is 9.45. The van der Waals surface area contributed by atoms with Crippen LogP contribution in [0.1, 0.15) is 58.3 Å². The average molecular weight is 385 g/mol. The van der Waals surface area contributed by atoms with E-state index in [1.165, 1.54) is 12.8 Å². The number of ether oxygens (including phenoxy) is 1. The molecule has 1 aliphatic heterocycles. The number of hydrogen-bond donors (Lipinski definition) is 2. The molecule has 130 valence electrons. The monoisotopic (exact) mass is 384 g/mol. The lowest BCUT2D eigenvalue weighted by Gasteiger charge is -2.62. The largest absolute Gasteiger partial charge is 0.393 e. The maximum absolute atomic E-state index is 10.6. The van der Waals surface area contributed by atoms with Crippen molar-refractivity contribution in [1.29, 1.82) is 0 Å². The van der Waals surface area contributed by atoms with Crippen LogP contribution < -0.4 is 0 Å². The van der Waals surface area contributed by atoms with Crippen LogP contribution in [-0.4, -0.2) is 39.5 Å². The number of fused-ring (bicyclic) bond motifs is 3. The Balaban J connectivity index is 1.55. The summed E-state index contributed by atoms with van der Waals surface area (Å²) < 4.78 is 6.34. The topological polar surface area (TPSA) is 49.7 Å². The fourth-order valence-electron chi connectivity index (χ4n) is 7.68. The van der Waals surface area contributed by atoms with Gasteiger partial charge in [0.15, 0.2) is 0 Å². The van der Waals surface area contributed by atoms with Gasteiger partial charge in [0.1, 0.15) is 0 Å². The smallest absolute Gasteiger partial charge is 0.0738 e. The van der Waals surface area contributed by atoms with E-state index in [0.29, 0.717) is 17.8 Å². The van der Waals surface area contributed by atoms with Crippen molar-refractivity contribution in [1.82, 2.24) is 0 Å². The zero-order valence-electron chi connectivity index (χ0n) is 14.0. The van der Waals surface area contributed by atoms with Crippen molar-refractivity contribution < 1.29 is 14.9 Å². The SMILES string of the molecule is C[C@]12CC[C@H]3[C@H](C[C@H]4OC[C@]35CC[C@H](O)CC45Br)[C@@H]1CC[C@@H]2O. The Morgan fingerprint density at radius 1 is 1.04 bits per heavy atom. The first kappa shape index (κ1) is 15.6. The van der Waals surface area contributed by atoms with E-state index in [1.807, 2.05) is 0 Å². The molecule has 23 heavy (non-hydrogen) atoms. The molecule has 1 heterocycles. The van der Waals surface area contributed by atoms with Gasteiger partial charge in [-0.25, -0.2) is 0 Å². The Morgan fingerprint density at radius 3 is 2.70 bits per heavy atom. The molecule has 1 saturated heterocycles. The molecule has 3 nitrogen and oxygen atoms in total. The van der Waals surface area contributed by atoms with E-state index in [9.17, 15) is 10.2 Å². The molecule has 2 bridgehead atoms. The Labute approximate surface area is 147 Å². The lowest BCUT2D eigenvalue weighted by Crippen LogP contribution is -2.63. The molecular formula is C19H29BrO3. The molecule has 5 aliphatic rings. The van der Waals surface area contributed by atoms with Gasteiger partial charge in [-0.05, 0) is 74.5 Å². The van der Waals surface area contributed by atoms with Crippen LogP contribution in [0.4, 0.5) is 0 Å². The molecule has 0 radical (unpaired) electrons. The van der Waals surface area contributed by atoms with Gasteiger partial charge in [-0.2, -0.15) is 0 Å². The van der Waals surface area contributed by atoms with Crippen molar-refractivity contribution in [2.75, 3.05) is 6.61 Å². The van der Waals surface area contributed by atoms with Crippen LogP contribution in [0.3, 0.4) is 0 Å². The van der Waals surface area contributed by atoms with Gasteiger partial charge < -0.3 is 14.9 Å². The minimum absolute atomic E-state index is 0.0101. The highest BCUT2D eigenvalue weighted by Gasteiger charge is 2.72.